The monoisotopic (exact) mass is 309 g/mol. The lowest BCUT2D eigenvalue weighted by Crippen LogP contribution is -2.29. The molecule has 0 radical (unpaired) electrons. The fraction of sp³-hybridized carbons (Fsp3) is 0.0435. The fourth-order valence-corrected chi connectivity index (χ4v) is 3.26. The topological polar surface area (TPSA) is 3.88 Å². The second-order valence-corrected chi connectivity index (χ2v) is 6.10. The zero-order valence-electron chi connectivity index (χ0n) is 13.7. The minimum atomic E-state index is 1.13. The summed E-state index contributed by atoms with van der Waals surface area (Å²) in [6.45, 7) is 2.16. The molecule has 3 aromatic carbocycles. The van der Waals surface area contributed by atoms with Crippen LogP contribution in [0.5, 0.6) is 0 Å². The third-order valence-corrected chi connectivity index (χ3v) is 4.55. The Balaban J connectivity index is 1.84. The van der Waals surface area contributed by atoms with Crippen molar-refractivity contribution in [2.75, 3.05) is 0 Å². The standard InChI is InChI=1S/C23H19N/c1-17-16-20(18-8-4-3-5-9-18)12-14-21(17)23-15-13-19-10-6-7-11-22(19)24(23)2/h3-16H,2H2,1H3. The largest absolute Gasteiger partial charge is 0.326 e. The lowest BCUT2D eigenvalue weighted by atomic mass is 9.97. The molecule has 1 aromatic heterocycles. The highest BCUT2D eigenvalue weighted by molar-refractivity contribution is 5.78. The molecule has 0 fully saturated rings. The average Bonchev–Trinajstić information content (AvgIpc) is 2.63. The molecule has 24 heavy (non-hydrogen) atoms. The summed E-state index contributed by atoms with van der Waals surface area (Å²) in [6.07, 6.45) is 0. The number of benzene rings is 3. The van der Waals surface area contributed by atoms with E-state index in [2.05, 4.69) is 92.8 Å². The van der Waals surface area contributed by atoms with Gasteiger partial charge in [0.1, 0.15) is 11.2 Å². The van der Waals surface area contributed by atoms with Crippen molar-refractivity contribution in [1.82, 2.24) is 0 Å². The molecule has 0 amide bonds. The first-order valence-corrected chi connectivity index (χ1v) is 8.15. The van der Waals surface area contributed by atoms with Gasteiger partial charge in [0, 0.05) is 7.05 Å². The quantitative estimate of drug-likeness (QED) is 0.344. The van der Waals surface area contributed by atoms with Crippen LogP contribution in [0.4, 0.5) is 0 Å². The van der Waals surface area contributed by atoms with Gasteiger partial charge in [-0.25, -0.2) is 0 Å². The van der Waals surface area contributed by atoms with Crippen molar-refractivity contribution >= 4 is 10.9 Å². The molecule has 0 aliphatic carbocycles. The molecule has 0 bridgehead atoms. The highest BCUT2D eigenvalue weighted by Gasteiger charge is 2.09. The summed E-state index contributed by atoms with van der Waals surface area (Å²) in [7, 11) is 4.26. The smallest absolute Gasteiger partial charge is 0.112 e. The van der Waals surface area contributed by atoms with Gasteiger partial charge in [0.25, 0.3) is 0 Å². The molecule has 0 N–H and O–H groups in total. The van der Waals surface area contributed by atoms with Crippen LogP contribution < -0.4 is 4.57 Å². The van der Waals surface area contributed by atoms with E-state index in [1.165, 1.54) is 27.6 Å². The molecule has 4 rings (SSSR count). The van der Waals surface area contributed by atoms with Gasteiger partial charge in [0.2, 0.25) is 0 Å². The van der Waals surface area contributed by atoms with Crippen molar-refractivity contribution in [3.63, 3.8) is 0 Å². The molecule has 116 valence electrons. The molecule has 0 spiro atoms. The van der Waals surface area contributed by atoms with E-state index in [0.717, 1.165) is 11.2 Å². The Labute approximate surface area is 142 Å². The van der Waals surface area contributed by atoms with Crippen LogP contribution in [0.25, 0.3) is 33.3 Å². The van der Waals surface area contributed by atoms with Crippen LogP contribution in [0.15, 0.2) is 84.9 Å². The molecule has 0 unspecified atom stereocenters. The fourth-order valence-electron chi connectivity index (χ4n) is 3.26. The number of rotatable bonds is 2. The van der Waals surface area contributed by atoms with E-state index in [1.54, 1.807) is 0 Å². The zero-order chi connectivity index (χ0) is 16.5. The van der Waals surface area contributed by atoms with Gasteiger partial charge in [0.15, 0.2) is 0 Å². The summed E-state index contributed by atoms with van der Waals surface area (Å²) in [5.41, 5.74) is 7.23. The Morgan fingerprint density at radius 3 is 2.25 bits per heavy atom. The first-order chi connectivity index (χ1) is 11.7. The Morgan fingerprint density at radius 2 is 1.46 bits per heavy atom. The highest BCUT2D eigenvalue weighted by Crippen LogP contribution is 2.27. The molecule has 1 nitrogen and oxygen atoms in total. The lowest BCUT2D eigenvalue weighted by molar-refractivity contribution is -0.572. The summed E-state index contributed by atoms with van der Waals surface area (Å²) in [5.74, 6) is 0. The molecular formula is C23H19N. The molecule has 0 aliphatic rings. The number of pyridine rings is 1. The first-order valence-electron chi connectivity index (χ1n) is 8.15. The maximum Gasteiger partial charge on any atom is 0.112 e. The van der Waals surface area contributed by atoms with Crippen molar-refractivity contribution in [2.45, 2.75) is 6.92 Å². The lowest BCUT2D eigenvalue weighted by Gasteiger charge is -2.14. The maximum atomic E-state index is 4.26. The third-order valence-electron chi connectivity index (χ3n) is 4.55. The van der Waals surface area contributed by atoms with Gasteiger partial charge < -0.3 is 4.57 Å². The second kappa shape index (κ2) is 5.86. The van der Waals surface area contributed by atoms with E-state index in [4.69, 9.17) is 0 Å². The molecule has 0 saturated carbocycles. The zero-order valence-corrected chi connectivity index (χ0v) is 13.7. The number of hydrogen-bond donors (Lipinski definition) is 0. The minimum absolute atomic E-state index is 1.13. The van der Waals surface area contributed by atoms with Crippen LogP contribution in [0.3, 0.4) is 0 Å². The molecule has 4 aromatic rings. The van der Waals surface area contributed by atoms with Gasteiger partial charge in [-0.05, 0) is 46.7 Å². The maximum absolute atomic E-state index is 4.26. The summed E-state index contributed by atoms with van der Waals surface area (Å²) in [4.78, 5) is 0. The molecule has 1 heteroatoms. The number of fused-ring (bicyclic) bond motifs is 1. The average molecular weight is 309 g/mol. The van der Waals surface area contributed by atoms with Crippen molar-refractivity contribution in [3.8, 4) is 22.4 Å². The SMILES string of the molecule is [CH2-][n+]1c(-c2ccc(-c3ccccc3)cc2C)ccc2ccccc21. The van der Waals surface area contributed by atoms with Gasteiger partial charge >= 0.3 is 0 Å². The predicted molar refractivity (Wildman–Crippen MR) is 101 cm³/mol. The van der Waals surface area contributed by atoms with Gasteiger partial charge in [0.05, 0.1) is 0 Å². The van der Waals surface area contributed by atoms with Crippen molar-refractivity contribution in [2.24, 2.45) is 0 Å². The summed E-state index contributed by atoms with van der Waals surface area (Å²) >= 11 is 0. The van der Waals surface area contributed by atoms with Crippen LogP contribution >= 0.6 is 0 Å². The van der Waals surface area contributed by atoms with E-state index >= 15 is 0 Å². The van der Waals surface area contributed by atoms with Crippen LogP contribution in [0.2, 0.25) is 0 Å². The number of hydrogen-bond acceptors (Lipinski definition) is 0. The van der Waals surface area contributed by atoms with Crippen molar-refractivity contribution in [1.29, 1.82) is 0 Å². The normalized spacial score (nSPS) is 10.9. The van der Waals surface area contributed by atoms with E-state index in [9.17, 15) is 0 Å². The molecule has 0 atom stereocenters. The minimum Gasteiger partial charge on any atom is -0.326 e. The van der Waals surface area contributed by atoms with Gasteiger partial charge in [-0.2, -0.15) is 0 Å². The van der Waals surface area contributed by atoms with E-state index < -0.39 is 0 Å². The van der Waals surface area contributed by atoms with E-state index in [1.807, 2.05) is 10.6 Å². The number of para-hydroxylation sites is 1. The number of aryl methyl sites for hydroxylation is 1. The Morgan fingerprint density at radius 1 is 0.708 bits per heavy atom. The highest BCUT2D eigenvalue weighted by atomic mass is 14.9. The van der Waals surface area contributed by atoms with Crippen LogP contribution in [0.1, 0.15) is 5.56 Å². The molecule has 0 saturated heterocycles. The first kappa shape index (κ1) is 14.5. The van der Waals surface area contributed by atoms with Gasteiger partial charge in [-0.1, -0.05) is 72.8 Å². The van der Waals surface area contributed by atoms with Gasteiger partial charge in [-0.15, -0.1) is 0 Å². The Hall–Kier alpha value is -3.06. The Bertz CT molecular complexity index is 1020. The molecular weight excluding hydrogens is 290 g/mol. The third kappa shape index (κ3) is 2.44. The van der Waals surface area contributed by atoms with E-state index in [-0.39, 0.29) is 0 Å². The summed E-state index contributed by atoms with van der Waals surface area (Å²) < 4.78 is 2.03. The number of nitrogens with zero attached hydrogens (tertiary/aromatic N) is 1. The van der Waals surface area contributed by atoms with E-state index in [0.29, 0.717) is 0 Å². The van der Waals surface area contributed by atoms with Crippen molar-refractivity contribution in [3.05, 3.63) is 97.5 Å². The molecule has 0 aliphatic heterocycles. The predicted octanol–water partition coefficient (Wildman–Crippen LogP) is 5.41. The number of aromatic nitrogens is 1. The summed E-state index contributed by atoms with van der Waals surface area (Å²) in [5, 5.41) is 1.20. The van der Waals surface area contributed by atoms with Crippen LogP contribution in [0, 0.1) is 14.0 Å². The second-order valence-electron chi connectivity index (χ2n) is 6.10. The van der Waals surface area contributed by atoms with Crippen LogP contribution in [-0.4, -0.2) is 0 Å². The van der Waals surface area contributed by atoms with Crippen LogP contribution in [-0.2, 0) is 0 Å². The Kier molecular flexibility index (Phi) is 3.55. The van der Waals surface area contributed by atoms with Crippen molar-refractivity contribution < 1.29 is 4.57 Å². The van der Waals surface area contributed by atoms with Gasteiger partial charge in [-0.3, -0.25) is 0 Å². The summed E-state index contributed by atoms with van der Waals surface area (Å²) in [6, 6.07) is 29.8. The molecule has 1 heterocycles.